The lowest BCUT2D eigenvalue weighted by Gasteiger charge is -2.26. The molecule has 0 saturated carbocycles. The van der Waals surface area contributed by atoms with Gasteiger partial charge in [-0.2, -0.15) is 0 Å². The molecule has 0 radical (unpaired) electrons. The summed E-state index contributed by atoms with van der Waals surface area (Å²) in [7, 11) is -0.836. The van der Waals surface area contributed by atoms with Crippen molar-refractivity contribution < 1.29 is 8.42 Å². The van der Waals surface area contributed by atoms with Gasteiger partial charge in [0, 0.05) is 20.1 Å². The summed E-state index contributed by atoms with van der Waals surface area (Å²) in [6.45, 7) is 0. The average molecular weight is 399 g/mol. The molecule has 146 valence electrons. The van der Waals surface area contributed by atoms with Crippen molar-refractivity contribution in [2.75, 3.05) is 0 Å². The Morgan fingerprint density at radius 2 is 1.64 bits per heavy atom. The van der Waals surface area contributed by atoms with Crippen LogP contribution in [0.4, 0.5) is 0 Å². The molecule has 1 N–H and O–H groups in total. The lowest BCUT2D eigenvalue weighted by atomic mass is 9.88. The first-order valence-corrected chi connectivity index (χ1v) is 10.6. The molecular formula is C20H21N3O4S. The zero-order valence-corrected chi connectivity index (χ0v) is 16.5. The van der Waals surface area contributed by atoms with Gasteiger partial charge < -0.3 is 9.13 Å². The van der Waals surface area contributed by atoms with E-state index in [-0.39, 0.29) is 10.9 Å². The molecule has 0 saturated heterocycles. The number of fused-ring (bicyclic) bond motifs is 2. The van der Waals surface area contributed by atoms with Crippen LogP contribution in [0.3, 0.4) is 0 Å². The van der Waals surface area contributed by atoms with E-state index in [0.29, 0.717) is 11.0 Å². The quantitative estimate of drug-likeness (QED) is 0.678. The summed E-state index contributed by atoms with van der Waals surface area (Å²) in [6, 6.07) is 12.0. The maximum absolute atomic E-state index is 13.0. The SMILES string of the molecule is Cn1c(=O)c(=O)n(C)c2cc(S(=O)(=O)N[C@@H]3CCCc4ccccc43)ccc21. The first-order chi connectivity index (χ1) is 13.3. The lowest BCUT2D eigenvalue weighted by molar-refractivity contribution is 0.507. The van der Waals surface area contributed by atoms with Gasteiger partial charge in [-0.1, -0.05) is 24.3 Å². The number of aromatic nitrogens is 2. The molecule has 7 nitrogen and oxygen atoms in total. The summed E-state index contributed by atoms with van der Waals surface area (Å²) in [4.78, 5) is 24.1. The van der Waals surface area contributed by atoms with Gasteiger partial charge in [-0.15, -0.1) is 0 Å². The molecule has 0 spiro atoms. The Balaban J connectivity index is 1.78. The predicted octanol–water partition coefficient (Wildman–Crippen LogP) is 1.59. The van der Waals surface area contributed by atoms with E-state index in [2.05, 4.69) is 4.72 Å². The van der Waals surface area contributed by atoms with E-state index in [9.17, 15) is 18.0 Å². The fourth-order valence-electron chi connectivity index (χ4n) is 3.86. The Hall–Kier alpha value is -2.71. The zero-order chi connectivity index (χ0) is 20.1. The van der Waals surface area contributed by atoms with Gasteiger partial charge in [-0.05, 0) is 48.6 Å². The highest BCUT2D eigenvalue weighted by Gasteiger charge is 2.26. The minimum Gasteiger partial charge on any atom is -0.305 e. The van der Waals surface area contributed by atoms with Crippen LogP contribution in [0.15, 0.2) is 56.9 Å². The van der Waals surface area contributed by atoms with E-state index in [0.717, 1.165) is 30.4 Å². The van der Waals surface area contributed by atoms with Gasteiger partial charge in [0.05, 0.1) is 15.9 Å². The van der Waals surface area contributed by atoms with Crippen molar-refractivity contribution >= 4 is 21.1 Å². The monoisotopic (exact) mass is 399 g/mol. The third-order valence-electron chi connectivity index (χ3n) is 5.44. The first-order valence-electron chi connectivity index (χ1n) is 9.09. The van der Waals surface area contributed by atoms with Crippen LogP contribution in [0, 0.1) is 0 Å². The maximum Gasteiger partial charge on any atom is 0.316 e. The van der Waals surface area contributed by atoms with Crippen LogP contribution in [0.5, 0.6) is 0 Å². The summed E-state index contributed by atoms with van der Waals surface area (Å²) in [5, 5.41) is 0. The Morgan fingerprint density at radius 1 is 0.964 bits per heavy atom. The molecule has 0 amide bonds. The van der Waals surface area contributed by atoms with Gasteiger partial charge >= 0.3 is 11.1 Å². The van der Waals surface area contributed by atoms with Crippen LogP contribution in [-0.4, -0.2) is 17.6 Å². The van der Waals surface area contributed by atoms with Crippen molar-refractivity contribution in [3.8, 4) is 0 Å². The summed E-state index contributed by atoms with van der Waals surface area (Å²) >= 11 is 0. The average Bonchev–Trinajstić information content (AvgIpc) is 2.70. The molecule has 28 heavy (non-hydrogen) atoms. The third-order valence-corrected chi connectivity index (χ3v) is 6.91. The number of hydrogen-bond acceptors (Lipinski definition) is 4. The van der Waals surface area contributed by atoms with Gasteiger partial charge in [0.1, 0.15) is 0 Å². The smallest absolute Gasteiger partial charge is 0.305 e. The highest BCUT2D eigenvalue weighted by Crippen LogP contribution is 2.31. The molecule has 2 aromatic carbocycles. The Morgan fingerprint density at radius 3 is 2.39 bits per heavy atom. The van der Waals surface area contributed by atoms with E-state index in [1.807, 2.05) is 24.3 Å². The Bertz CT molecular complexity index is 1310. The van der Waals surface area contributed by atoms with E-state index >= 15 is 0 Å². The second-order valence-electron chi connectivity index (χ2n) is 7.14. The molecule has 3 aromatic rings. The number of rotatable bonds is 3. The number of aryl methyl sites for hydroxylation is 3. The highest BCUT2D eigenvalue weighted by atomic mass is 32.2. The molecule has 0 aliphatic heterocycles. The number of hydrogen-bond donors (Lipinski definition) is 1. The van der Waals surface area contributed by atoms with Crippen LogP contribution in [0.1, 0.15) is 30.0 Å². The van der Waals surface area contributed by atoms with Gasteiger partial charge in [0.25, 0.3) is 0 Å². The number of nitrogens with zero attached hydrogens (tertiary/aromatic N) is 2. The van der Waals surface area contributed by atoms with Crippen LogP contribution in [-0.2, 0) is 30.5 Å². The molecule has 1 aliphatic rings. The highest BCUT2D eigenvalue weighted by molar-refractivity contribution is 7.89. The molecule has 0 bridgehead atoms. The number of nitrogens with one attached hydrogen (secondary N) is 1. The summed E-state index contributed by atoms with van der Waals surface area (Å²) in [5.74, 6) is 0. The van der Waals surface area contributed by atoms with Crippen molar-refractivity contribution in [1.82, 2.24) is 13.9 Å². The largest absolute Gasteiger partial charge is 0.316 e. The molecular weight excluding hydrogens is 378 g/mol. The fraction of sp³-hybridized carbons (Fsp3) is 0.300. The van der Waals surface area contributed by atoms with Crippen molar-refractivity contribution in [2.24, 2.45) is 14.1 Å². The second kappa shape index (κ2) is 6.72. The van der Waals surface area contributed by atoms with E-state index in [4.69, 9.17) is 0 Å². The number of sulfonamides is 1. The van der Waals surface area contributed by atoms with E-state index in [1.54, 1.807) is 6.07 Å². The minimum atomic E-state index is -3.80. The van der Waals surface area contributed by atoms with Crippen molar-refractivity contribution in [2.45, 2.75) is 30.2 Å². The molecule has 1 aliphatic carbocycles. The van der Waals surface area contributed by atoms with Gasteiger partial charge in [0.15, 0.2) is 0 Å². The van der Waals surface area contributed by atoms with Crippen LogP contribution in [0.2, 0.25) is 0 Å². The maximum atomic E-state index is 13.0. The summed E-state index contributed by atoms with van der Waals surface area (Å²) < 4.78 is 31.3. The lowest BCUT2D eigenvalue weighted by Crippen LogP contribution is -2.39. The van der Waals surface area contributed by atoms with Gasteiger partial charge in [0.2, 0.25) is 10.0 Å². The summed E-state index contributed by atoms with van der Waals surface area (Å²) in [6.07, 6.45) is 2.59. The van der Waals surface area contributed by atoms with Crippen molar-refractivity contribution in [3.05, 3.63) is 74.3 Å². The van der Waals surface area contributed by atoms with E-state index in [1.165, 1.54) is 35.4 Å². The Kier molecular flexibility index (Phi) is 4.47. The Labute approximate surface area is 162 Å². The standard InChI is InChI=1S/C20H21N3O4S/c1-22-17-11-10-14(12-18(17)23(2)20(25)19(22)24)28(26,27)21-16-9-5-7-13-6-3-4-8-15(13)16/h3-4,6,8,10-12,16,21H,5,7,9H2,1-2H3/t16-/m1/s1. The van der Waals surface area contributed by atoms with Crippen LogP contribution < -0.4 is 15.8 Å². The van der Waals surface area contributed by atoms with Crippen LogP contribution >= 0.6 is 0 Å². The predicted molar refractivity (Wildman–Crippen MR) is 107 cm³/mol. The zero-order valence-electron chi connectivity index (χ0n) is 15.7. The topological polar surface area (TPSA) is 90.2 Å². The summed E-state index contributed by atoms with van der Waals surface area (Å²) in [5.41, 5.74) is 1.71. The number of benzene rings is 2. The van der Waals surface area contributed by atoms with Gasteiger partial charge in [-0.3, -0.25) is 9.59 Å². The molecule has 1 atom stereocenters. The third kappa shape index (κ3) is 2.98. The normalized spacial score (nSPS) is 16.9. The fourth-order valence-corrected chi connectivity index (χ4v) is 5.13. The molecule has 0 fully saturated rings. The molecule has 0 unspecified atom stereocenters. The van der Waals surface area contributed by atoms with Crippen molar-refractivity contribution in [3.63, 3.8) is 0 Å². The molecule has 4 rings (SSSR count). The minimum absolute atomic E-state index is 0.0664. The molecule has 1 aromatic heterocycles. The molecule has 8 heteroatoms. The first kappa shape index (κ1) is 18.6. The van der Waals surface area contributed by atoms with E-state index < -0.39 is 21.1 Å². The van der Waals surface area contributed by atoms with Gasteiger partial charge in [-0.25, -0.2) is 13.1 Å². The van der Waals surface area contributed by atoms with Crippen LogP contribution in [0.25, 0.3) is 11.0 Å². The molecule has 1 heterocycles. The second-order valence-corrected chi connectivity index (χ2v) is 8.86. The van der Waals surface area contributed by atoms with Crippen molar-refractivity contribution in [1.29, 1.82) is 0 Å².